The molecule has 366 valence electrons. The fourth-order valence-electron chi connectivity index (χ4n) is 5.66. The van der Waals surface area contributed by atoms with Gasteiger partial charge in [0.25, 0.3) is 17.1 Å². The number of carbonyl (C=O) groups is 5. The van der Waals surface area contributed by atoms with Gasteiger partial charge in [-0.25, -0.2) is 9.69 Å². The van der Waals surface area contributed by atoms with Gasteiger partial charge in [0, 0.05) is 38.4 Å². The van der Waals surface area contributed by atoms with Crippen LogP contribution in [0, 0.1) is 78.5 Å². The Hall–Kier alpha value is -10.3. The highest BCUT2D eigenvalue weighted by Gasteiger charge is 2.27. The van der Waals surface area contributed by atoms with Crippen molar-refractivity contribution in [3.8, 4) is 24.5 Å². The van der Waals surface area contributed by atoms with Gasteiger partial charge in [-0.15, -0.1) is 6.42 Å². The normalized spacial score (nSPS) is 9.18. The van der Waals surface area contributed by atoms with Crippen LogP contribution in [0.15, 0.2) is 97.1 Å². The zero-order chi connectivity index (χ0) is 59.0. The van der Waals surface area contributed by atoms with Crippen molar-refractivity contribution in [1.29, 1.82) is 10.5 Å². The molecule has 0 spiro atoms. The van der Waals surface area contributed by atoms with Gasteiger partial charge in [0.1, 0.15) is 39.2 Å². The van der Waals surface area contributed by atoms with Crippen LogP contribution in [0.5, 0.6) is 0 Å². The monoisotopic (exact) mass is 1030 g/mol. The quantitative estimate of drug-likeness (QED) is 0.0554. The van der Waals surface area contributed by atoms with E-state index in [1.54, 1.807) is 42.5 Å². The first kappa shape index (κ1) is 64.7. The van der Waals surface area contributed by atoms with Crippen LogP contribution < -0.4 is 44.2 Å². The fraction of sp³-hybridized carbons (Fsp3) is 0.0600. The smallest absolute Gasteiger partial charge is 0.283 e. The number of terminal acetylenes is 1. The molecule has 0 heterocycles. The van der Waals surface area contributed by atoms with Gasteiger partial charge in [-0.3, -0.25) is 54.3 Å². The second-order valence-corrected chi connectivity index (χ2v) is 15.2. The molecule has 27 heteroatoms. The maximum atomic E-state index is 11.5. The summed E-state index contributed by atoms with van der Waals surface area (Å²) in [5.74, 6) is 0.346. The average Bonchev–Trinajstić information content (AvgIpc) is 3.37. The van der Waals surface area contributed by atoms with Crippen molar-refractivity contribution in [2.24, 2.45) is 11.5 Å². The van der Waals surface area contributed by atoms with E-state index in [0.717, 1.165) is 11.0 Å². The van der Waals surface area contributed by atoms with Gasteiger partial charge in [-0.05, 0) is 57.2 Å². The minimum atomic E-state index is -1.02. The molecule has 0 saturated carbocycles. The number of nitriles is 2. The van der Waals surface area contributed by atoms with E-state index >= 15 is 0 Å². The molecule has 2 amide bonds. The molecule has 0 aliphatic heterocycles. The SMILES string of the molecule is [B]c1c([N+]#[C-])c(Cl)cc(C#N)c1[N+]#[C-].[B]c1c([N+](=O)[O-])cc([N+](=O)[O-])cc1[N+](=O)[O-].[B]c1cc(C(C)=O)c(C(C)=O)c(C(C)=O)c1.[B]c1cc(C(N)=O)cc(C(N)=O)c1.[B]c1ccc(C#C)cc1.[B]c1ccc(C#N)cc1. The molecule has 77 heavy (non-hydrogen) atoms. The summed E-state index contributed by atoms with van der Waals surface area (Å²) in [4.78, 5) is 90.2. The molecule has 0 saturated heterocycles. The summed E-state index contributed by atoms with van der Waals surface area (Å²) in [5, 5.41) is 48.4. The Labute approximate surface area is 453 Å². The number of benzene rings is 6. The summed E-state index contributed by atoms with van der Waals surface area (Å²) in [6.45, 7) is 17.6. The largest absolute Gasteiger partial charge is 0.366 e. The van der Waals surface area contributed by atoms with Gasteiger partial charge in [-0.1, -0.05) is 93.4 Å². The number of nitrogens with two attached hydrogens (primary N) is 2. The topological polar surface area (TPSA) is 323 Å². The lowest BCUT2D eigenvalue weighted by Gasteiger charge is -2.10. The number of nitrogens with zero attached hydrogens (tertiary/aromatic N) is 7. The highest BCUT2D eigenvalue weighted by atomic mass is 35.5. The number of hydrogen-bond acceptors (Lipinski definition) is 13. The highest BCUT2D eigenvalue weighted by molar-refractivity contribution is 6.44. The average molecular weight is 1030 g/mol. The molecule has 6 aromatic rings. The van der Waals surface area contributed by atoms with Crippen molar-refractivity contribution in [1.82, 2.24) is 0 Å². The number of carbonyl (C=O) groups excluding carboxylic acids is 5. The second kappa shape index (κ2) is 30.6. The zero-order valence-corrected chi connectivity index (χ0v) is 41.2. The molecular weight excluding hydrogens is 1000 g/mol. The summed E-state index contributed by atoms with van der Waals surface area (Å²) >= 11 is 5.69. The number of nitro benzene ring substituents is 3. The lowest BCUT2D eigenvalue weighted by atomic mass is 9.85. The highest BCUT2D eigenvalue weighted by Crippen LogP contribution is 2.30. The number of primary amides is 2. The molecule has 0 aromatic heterocycles. The molecule has 0 atom stereocenters. The van der Waals surface area contributed by atoms with Crippen LogP contribution in [-0.4, -0.2) is 91.0 Å². The number of rotatable bonds is 8. The van der Waals surface area contributed by atoms with E-state index < -0.39 is 49.1 Å². The first-order chi connectivity index (χ1) is 36.0. The van der Waals surface area contributed by atoms with Crippen LogP contribution in [0.25, 0.3) is 9.69 Å². The van der Waals surface area contributed by atoms with Crippen LogP contribution in [-0.2, 0) is 0 Å². The molecule has 0 bridgehead atoms. The van der Waals surface area contributed by atoms with Crippen LogP contribution in [0.4, 0.5) is 28.4 Å². The summed E-state index contributed by atoms with van der Waals surface area (Å²) in [6.07, 6.45) is 5.11. The van der Waals surface area contributed by atoms with Gasteiger partial charge in [-0.2, -0.15) is 10.5 Å². The van der Waals surface area contributed by atoms with Crippen LogP contribution in [0.3, 0.4) is 0 Å². The minimum absolute atomic E-state index is 0.0112. The van der Waals surface area contributed by atoms with E-state index in [0.29, 0.717) is 28.6 Å². The Morgan fingerprint density at radius 2 is 0.974 bits per heavy atom. The first-order valence-corrected chi connectivity index (χ1v) is 21.1. The number of ketones is 3. The van der Waals surface area contributed by atoms with E-state index in [9.17, 15) is 54.3 Å². The van der Waals surface area contributed by atoms with Crippen molar-refractivity contribution < 1.29 is 38.7 Å². The lowest BCUT2D eigenvalue weighted by Crippen LogP contribution is -2.19. The molecule has 0 aliphatic rings. The van der Waals surface area contributed by atoms with Crippen molar-refractivity contribution in [2.75, 3.05) is 0 Å². The number of amides is 2. The lowest BCUT2D eigenvalue weighted by molar-refractivity contribution is -0.401. The molecule has 20 nitrogen and oxygen atoms in total. The number of hydrogen-bond donors (Lipinski definition) is 2. The molecule has 6 rings (SSSR count). The minimum Gasteiger partial charge on any atom is -0.366 e. The molecular formula is C50H30B6ClN9O11. The molecule has 0 fully saturated rings. The summed E-state index contributed by atoms with van der Waals surface area (Å²) < 4.78 is 0. The van der Waals surface area contributed by atoms with Crippen molar-refractivity contribution in [2.45, 2.75) is 20.8 Å². The molecule has 0 unspecified atom stereocenters. The van der Waals surface area contributed by atoms with Gasteiger partial charge in [0.2, 0.25) is 11.8 Å². The second-order valence-electron chi connectivity index (χ2n) is 14.8. The number of Topliss-reactive ketones (excluding diaryl/α,β-unsaturated/α-hetero) is 3. The van der Waals surface area contributed by atoms with Crippen LogP contribution in [0.2, 0.25) is 5.02 Å². The third-order valence-corrected chi connectivity index (χ3v) is 9.53. The third kappa shape index (κ3) is 19.9. The van der Waals surface area contributed by atoms with E-state index in [4.69, 9.17) is 100 Å². The third-order valence-electron chi connectivity index (χ3n) is 9.24. The Bertz CT molecular complexity index is 3390. The van der Waals surface area contributed by atoms with Gasteiger partial charge in [0.05, 0.1) is 76.6 Å². The molecule has 4 N–H and O–H groups in total. The van der Waals surface area contributed by atoms with E-state index in [2.05, 4.69) is 15.6 Å². The maximum absolute atomic E-state index is 11.5. The number of nitro groups is 3. The molecule has 0 aliphatic carbocycles. The summed E-state index contributed by atoms with van der Waals surface area (Å²) in [6, 6.07) is 27.1. The summed E-state index contributed by atoms with van der Waals surface area (Å²) in [5.41, 5.74) is 11.4. The van der Waals surface area contributed by atoms with Crippen LogP contribution in [0.1, 0.15) is 89.3 Å². The predicted octanol–water partition coefficient (Wildman–Crippen LogP) is 2.89. The first-order valence-electron chi connectivity index (χ1n) is 20.7. The van der Waals surface area contributed by atoms with Crippen molar-refractivity contribution in [3.05, 3.63) is 200 Å². The van der Waals surface area contributed by atoms with E-state index in [1.807, 2.05) is 18.2 Å². The Morgan fingerprint density at radius 1 is 0.571 bits per heavy atom. The summed E-state index contributed by atoms with van der Waals surface area (Å²) in [7, 11) is 32.5. The van der Waals surface area contributed by atoms with Gasteiger partial charge in [0.15, 0.2) is 28.7 Å². The Balaban J connectivity index is 0.000000468. The number of halogens is 1. The fourth-order valence-corrected chi connectivity index (χ4v) is 5.91. The maximum Gasteiger partial charge on any atom is 0.283 e. The van der Waals surface area contributed by atoms with Crippen molar-refractivity contribution in [3.63, 3.8) is 0 Å². The zero-order valence-electron chi connectivity index (χ0n) is 40.4. The molecule has 12 radical (unpaired) electrons. The van der Waals surface area contributed by atoms with Crippen LogP contribution >= 0.6 is 11.6 Å². The molecule has 6 aromatic carbocycles. The standard InChI is InChI=1S/C12H11BO3.C9HBClN3.C8H7BN2O2.C8H5B.C7H4BN.C6H2BN3O6/c1-6(14)10-4-9(13)5-11(7(2)15)12(10)8(3)16;1-13-8-5(4-12)3-6(11)9(14-2)7(8)10;9-6-2-4(7(10)12)1-5(3-6)8(11)13;1-2-7-3-5-8(9)6-4-7;8-7-3-1-6(5-9)2-4-7;7-6-4(9(13)14)1-3(8(11)12)2-5(6)10(15)16/h4-5H,1-3H3;3H;1-3H,(H2,10,12)(H2,11,13);1,3-6H;1-4H;1-2H. The van der Waals surface area contributed by atoms with Crippen molar-refractivity contribution >= 4 is 149 Å². The van der Waals surface area contributed by atoms with E-state index in [1.165, 1.54) is 57.2 Å². The van der Waals surface area contributed by atoms with Gasteiger partial charge < -0.3 is 11.5 Å². The Kier molecular flexibility index (Phi) is 25.7. The Morgan fingerprint density at radius 3 is 1.29 bits per heavy atom. The predicted molar refractivity (Wildman–Crippen MR) is 293 cm³/mol. The number of non-ortho nitro benzene ring substituents is 1. The van der Waals surface area contributed by atoms with Gasteiger partial charge >= 0.3 is 0 Å². The van der Waals surface area contributed by atoms with E-state index in [-0.39, 0.29) is 78.1 Å².